The standard InChI is InChI=1S/C12H22O6/c1-3-12(16,8-10(2)11(14)15)9-18-7-6-17-5-4-13/h8,13,16H,3-7,9H2,1-2H3,(H,14,15)/b10-8+. The summed E-state index contributed by atoms with van der Waals surface area (Å²) in [5.41, 5.74) is -1.20. The lowest BCUT2D eigenvalue weighted by Crippen LogP contribution is -2.33. The van der Waals surface area contributed by atoms with E-state index in [-0.39, 0.29) is 32.0 Å². The normalized spacial score (nSPS) is 15.4. The van der Waals surface area contributed by atoms with Crippen LogP contribution in [-0.2, 0) is 14.3 Å². The Balaban J connectivity index is 4.08. The minimum absolute atomic E-state index is 0.0105. The number of hydrogen-bond donors (Lipinski definition) is 3. The van der Waals surface area contributed by atoms with Gasteiger partial charge in [-0.05, 0) is 19.4 Å². The summed E-state index contributed by atoms with van der Waals surface area (Å²) in [5.74, 6) is -1.06. The molecule has 0 heterocycles. The summed E-state index contributed by atoms with van der Waals surface area (Å²) in [4.78, 5) is 10.7. The monoisotopic (exact) mass is 262 g/mol. The molecule has 6 nitrogen and oxygen atoms in total. The molecular formula is C12H22O6. The molecule has 0 aliphatic carbocycles. The van der Waals surface area contributed by atoms with E-state index in [1.807, 2.05) is 0 Å². The first-order chi connectivity index (χ1) is 8.45. The molecule has 6 heteroatoms. The van der Waals surface area contributed by atoms with Gasteiger partial charge >= 0.3 is 5.97 Å². The fraction of sp³-hybridized carbons (Fsp3) is 0.750. The van der Waals surface area contributed by atoms with Gasteiger partial charge < -0.3 is 24.8 Å². The van der Waals surface area contributed by atoms with Gasteiger partial charge in [0, 0.05) is 5.57 Å². The van der Waals surface area contributed by atoms with Crippen molar-refractivity contribution in [2.24, 2.45) is 0 Å². The van der Waals surface area contributed by atoms with Crippen LogP contribution in [0.15, 0.2) is 11.6 Å². The van der Waals surface area contributed by atoms with E-state index in [0.717, 1.165) is 0 Å². The van der Waals surface area contributed by atoms with Crippen molar-refractivity contribution >= 4 is 5.97 Å². The highest BCUT2D eigenvalue weighted by Gasteiger charge is 2.23. The van der Waals surface area contributed by atoms with Crippen LogP contribution in [0.2, 0.25) is 0 Å². The zero-order chi connectivity index (χ0) is 14.0. The second-order valence-corrected chi connectivity index (χ2v) is 3.98. The summed E-state index contributed by atoms with van der Waals surface area (Å²) < 4.78 is 10.2. The maximum absolute atomic E-state index is 10.7. The van der Waals surface area contributed by atoms with Gasteiger partial charge in [-0.25, -0.2) is 4.79 Å². The summed E-state index contributed by atoms with van der Waals surface area (Å²) in [6.07, 6.45) is 1.65. The summed E-state index contributed by atoms with van der Waals surface area (Å²) in [5, 5.41) is 27.3. The summed E-state index contributed by atoms with van der Waals surface area (Å²) in [6.45, 7) is 3.99. The van der Waals surface area contributed by atoms with E-state index >= 15 is 0 Å². The average molecular weight is 262 g/mol. The quantitative estimate of drug-likeness (QED) is 0.384. The number of ether oxygens (including phenoxy) is 2. The third-order valence-electron chi connectivity index (χ3n) is 2.39. The van der Waals surface area contributed by atoms with Crippen molar-refractivity contribution in [3.63, 3.8) is 0 Å². The topological polar surface area (TPSA) is 96.2 Å². The molecule has 0 amide bonds. The van der Waals surface area contributed by atoms with Gasteiger partial charge in [0.15, 0.2) is 0 Å². The summed E-state index contributed by atoms with van der Waals surface area (Å²) in [7, 11) is 0. The molecular weight excluding hydrogens is 240 g/mol. The van der Waals surface area contributed by atoms with Gasteiger partial charge in [0.25, 0.3) is 0 Å². The molecule has 0 rings (SSSR count). The minimum atomic E-state index is -1.28. The number of hydrogen-bond acceptors (Lipinski definition) is 5. The van der Waals surface area contributed by atoms with Crippen molar-refractivity contribution in [2.45, 2.75) is 25.9 Å². The molecule has 0 saturated heterocycles. The van der Waals surface area contributed by atoms with Crippen LogP contribution in [0.3, 0.4) is 0 Å². The molecule has 0 saturated carbocycles. The lowest BCUT2D eigenvalue weighted by atomic mass is 9.99. The molecule has 3 N–H and O–H groups in total. The molecule has 18 heavy (non-hydrogen) atoms. The number of carbonyl (C=O) groups is 1. The van der Waals surface area contributed by atoms with Crippen LogP contribution in [0.25, 0.3) is 0 Å². The van der Waals surface area contributed by atoms with Crippen LogP contribution >= 0.6 is 0 Å². The van der Waals surface area contributed by atoms with Gasteiger partial charge in [-0.3, -0.25) is 0 Å². The average Bonchev–Trinajstić information content (AvgIpc) is 2.33. The van der Waals surface area contributed by atoms with E-state index in [0.29, 0.717) is 13.0 Å². The van der Waals surface area contributed by atoms with Crippen molar-refractivity contribution in [3.8, 4) is 0 Å². The fourth-order valence-electron chi connectivity index (χ4n) is 1.24. The molecule has 1 atom stereocenters. The Morgan fingerprint density at radius 1 is 1.28 bits per heavy atom. The molecule has 0 aromatic rings. The van der Waals surface area contributed by atoms with E-state index in [1.54, 1.807) is 6.92 Å². The Kier molecular flexibility index (Phi) is 8.57. The van der Waals surface area contributed by atoms with E-state index in [2.05, 4.69) is 0 Å². The number of rotatable bonds is 10. The lowest BCUT2D eigenvalue weighted by molar-refractivity contribution is -0.132. The predicted octanol–water partition coefficient (Wildman–Crippen LogP) is 0.184. The zero-order valence-electron chi connectivity index (χ0n) is 10.9. The molecule has 106 valence electrons. The van der Waals surface area contributed by atoms with Gasteiger partial charge in [0.1, 0.15) is 5.60 Å². The molecule has 0 spiro atoms. The van der Waals surface area contributed by atoms with E-state index in [1.165, 1.54) is 13.0 Å². The van der Waals surface area contributed by atoms with Crippen molar-refractivity contribution in [3.05, 3.63) is 11.6 Å². The predicted molar refractivity (Wildman–Crippen MR) is 65.4 cm³/mol. The van der Waals surface area contributed by atoms with Gasteiger partial charge in [-0.1, -0.05) is 6.92 Å². The Hall–Kier alpha value is -0.950. The number of carboxylic acid groups (broad SMARTS) is 1. The third kappa shape index (κ3) is 7.39. The van der Waals surface area contributed by atoms with E-state index in [9.17, 15) is 9.90 Å². The Bertz CT molecular complexity index is 276. The van der Waals surface area contributed by atoms with Gasteiger partial charge in [-0.2, -0.15) is 0 Å². The lowest BCUT2D eigenvalue weighted by Gasteiger charge is -2.23. The second-order valence-electron chi connectivity index (χ2n) is 3.98. The maximum Gasteiger partial charge on any atom is 0.331 e. The smallest absolute Gasteiger partial charge is 0.331 e. The number of aliphatic hydroxyl groups excluding tert-OH is 1. The molecule has 0 radical (unpaired) electrons. The van der Waals surface area contributed by atoms with Crippen molar-refractivity contribution in [1.29, 1.82) is 0 Å². The van der Waals surface area contributed by atoms with Crippen LogP contribution in [0.5, 0.6) is 0 Å². The van der Waals surface area contributed by atoms with Crippen molar-refractivity contribution < 1.29 is 29.6 Å². The molecule has 0 aliphatic rings. The van der Waals surface area contributed by atoms with Crippen LogP contribution in [-0.4, -0.2) is 59.9 Å². The highest BCUT2D eigenvalue weighted by molar-refractivity contribution is 5.86. The second kappa shape index (κ2) is 9.04. The Morgan fingerprint density at radius 2 is 1.89 bits per heavy atom. The summed E-state index contributed by atoms with van der Waals surface area (Å²) in [6, 6.07) is 0. The Morgan fingerprint density at radius 3 is 2.39 bits per heavy atom. The van der Waals surface area contributed by atoms with E-state index in [4.69, 9.17) is 19.7 Å². The minimum Gasteiger partial charge on any atom is -0.478 e. The van der Waals surface area contributed by atoms with Crippen LogP contribution in [0.1, 0.15) is 20.3 Å². The Labute approximate surface area is 107 Å². The van der Waals surface area contributed by atoms with Gasteiger partial charge in [-0.15, -0.1) is 0 Å². The fourth-order valence-corrected chi connectivity index (χ4v) is 1.24. The summed E-state index contributed by atoms with van der Waals surface area (Å²) >= 11 is 0. The number of aliphatic carboxylic acids is 1. The highest BCUT2D eigenvalue weighted by atomic mass is 16.5. The third-order valence-corrected chi connectivity index (χ3v) is 2.39. The first-order valence-electron chi connectivity index (χ1n) is 5.86. The number of carboxylic acids is 1. The van der Waals surface area contributed by atoms with Gasteiger partial charge in [0.05, 0.1) is 33.0 Å². The SMILES string of the molecule is CCC(O)(/C=C(\C)C(=O)O)COCCOCCO. The van der Waals surface area contributed by atoms with Gasteiger partial charge in [0.2, 0.25) is 0 Å². The largest absolute Gasteiger partial charge is 0.478 e. The van der Waals surface area contributed by atoms with Crippen LogP contribution in [0, 0.1) is 0 Å². The van der Waals surface area contributed by atoms with Crippen molar-refractivity contribution in [2.75, 3.05) is 33.0 Å². The highest BCUT2D eigenvalue weighted by Crippen LogP contribution is 2.15. The van der Waals surface area contributed by atoms with E-state index < -0.39 is 11.6 Å². The first kappa shape index (κ1) is 17.1. The molecule has 0 fully saturated rings. The molecule has 0 aromatic carbocycles. The molecule has 0 bridgehead atoms. The maximum atomic E-state index is 10.7. The number of aliphatic hydroxyl groups is 2. The molecule has 0 aromatic heterocycles. The first-order valence-corrected chi connectivity index (χ1v) is 5.86. The molecule has 1 unspecified atom stereocenters. The zero-order valence-corrected chi connectivity index (χ0v) is 10.9. The van der Waals surface area contributed by atoms with Crippen LogP contribution < -0.4 is 0 Å². The van der Waals surface area contributed by atoms with Crippen molar-refractivity contribution in [1.82, 2.24) is 0 Å². The molecule has 0 aliphatic heterocycles. The van der Waals surface area contributed by atoms with Crippen LogP contribution in [0.4, 0.5) is 0 Å².